The monoisotopic (exact) mass is 428 g/mol. The van der Waals surface area contributed by atoms with E-state index in [9.17, 15) is 5.26 Å². The maximum Gasteiger partial charge on any atom is 0.113 e. The molecule has 0 unspecified atom stereocenters. The fourth-order valence-electron chi connectivity index (χ4n) is 5.60. The molecule has 166 valence electrons. The summed E-state index contributed by atoms with van der Waals surface area (Å²) in [5.74, 6) is 0. The van der Waals surface area contributed by atoms with Crippen molar-refractivity contribution in [3.05, 3.63) is 53.6 Å². The van der Waals surface area contributed by atoms with Gasteiger partial charge < -0.3 is 20.2 Å². The number of rotatable bonds is 5. The van der Waals surface area contributed by atoms with E-state index < -0.39 is 0 Å². The highest BCUT2D eigenvalue weighted by molar-refractivity contribution is 6.04. The van der Waals surface area contributed by atoms with Gasteiger partial charge in [0.05, 0.1) is 5.57 Å². The summed E-state index contributed by atoms with van der Waals surface area (Å²) in [6, 6.07) is 17.9. The van der Waals surface area contributed by atoms with Crippen molar-refractivity contribution in [3.63, 3.8) is 0 Å². The quantitative estimate of drug-likeness (QED) is 0.638. The Kier molecular flexibility index (Phi) is 6.05. The van der Waals surface area contributed by atoms with Crippen LogP contribution in [-0.2, 0) is 0 Å². The molecule has 0 aromatic heterocycles. The van der Waals surface area contributed by atoms with Crippen molar-refractivity contribution in [2.75, 3.05) is 41.5 Å². The fourth-order valence-corrected chi connectivity index (χ4v) is 5.60. The highest BCUT2D eigenvalue weighted by Crippen LogP contribution is 2.43. The Bertz CT molecular complexity index is 1020. The summed E-state index contributed by atoms with van der Waals surface area (Å²) in [7, 11) is 0. The Labute approximate surface area is 191 Å². The van der Waals surface area contributed by atoms with Crippen LogP contribution < -0.4 is 15.1 Å². The largest absolute Gasteiger partial charge is 0.377 e. The van der Waals surface area contributed by atoms with Crippen LogP contribution in [-0.4, -0.2) is 37.5 Å². The molecule has 2 heterocycles. The summed E-state index contributed by atoms with van der Waals surface area (Å²) in [6.07, 6.45) is 8.87. The lowest BCUT2D eigenvalue weighted by Crippen LogP contribution is -2.38. The van der Waals surface area contributed by atoms with Crippen LogP contribution in [0, 0.1) is 11.3 Å². The lowest BCUT2D eigenvalue weighted by atomic mass is 9.88. The first-order valence-corrected chi connectivity index (χ1v) is 12.0. The second kappa shape index (κ2) is 9.26. The van der Waals surface area contributed by atoms with Crippen molar-refractivity contribution in [1.29, 1.82) is 5.26 Å². The molecule has 2 aromatic carbocycles. The number of benzene rings is 2. The smallest absolute Gasteiger partial charge is 0.113 e. The molecule has 2 fully saturated rings. The Morgan fingerprint density at radius 3 is 2.41 bits per heavy atom. The Morgan fingerprint density at radius 1 is 0.969 bits per heavy atom. The van der Waals surface area contributed by atoms with Crippen molar-refractivity contribution in [2.24, 2.45) is 0 Å². The summed E-state index contributed by atoms with van der Waals surface area (Å²) in [5.41, 5.74) is 7.46. The van der Waals surface area contributed by atoms with E-state index in [2.05, 4.69) is 51.5 Å². The van der Waals surface area contributed by atoms with Crippen molar-refractivity contribution in [2.45, 2.75) is 51.0 Å². The van der Waals surface area contributed by atoms with Gasteiger partial charge in [-0.3, -0.25) is 0 Å². The highest BCUT2D eigenvalue weighted by Gasteiger charge is 2.32. The van der Waals surface area contributed by atoms with E-state index in [0.29, 0.717) is 6.04 Å². The minimum atomic E-state index is -0.0896. The van der Waals surface area contributed by atoms with Crippen LogP contribution in [0.25, 0.3) is 11.1 Å². The van der Waals surface area contributed by atoms with E-state index in [-0.39, 0.29) is 6.73 Å². The summed E-state index contributed by atoms with van der Waals surface area (Å²) < 4.78 is 0. The minimum Gasteiger partial charge on any atom is -0.377 e. The lowest BCUT2D eigenvalue weighted by molar-refractivity contribution is 0.325. The number of fused-ring (bicyclic) bond motifs is 1. The first-order valence-electron chi connectivity index (χ1n) is 12.0. The second-order valence-electron chi connectivity index (χ2n) is 9.19. The molecule has 32 heavy (non-hydrogen) atoms. The molecule has 3 aliphatic rings. The van der Waals surface area contributed by atoms with Gasteiger partial charge in [0.25, 0.3) is 0 Å². The maximum absolute atomic E-state index is 10.2. The second-order valence-corrected chi connectivity index (χ2v) is 9.19. The maximum atomic E-state index is 10.2. The predicted octanol–water partition coefficient (Wildman–Crippen LogP) is 5.24. The number of hydrogen-bond donors (Lipinski definition) is 2. The van der Waals surface area contributed by atoms with Gasteiger partial charge in [-0.15, -0.1) is 0 Å². The number of hydrogen-bond acceptors (Lipinski definition) is 5. The van der Waals surface area contributed by atoms with Crippen LogP contribution in [0.2, 0.25) is 0 Å². The van der Waals surface area contributed by atoms with E-state index in [1.165, 1.54) is 56.3 Å². The van der Waals surface area contributed by atoms with Gasteiger partial charge in [0.15, 0.2) is 0 Å². The summed E-state index contributed by atoms with van der Waals surface area (Å²) >= 11 is 0. The van der Waals surface area contributed by atoms with Crippen LogP contribution in [0.15, 0.2) is 42.5 Å². The number of aliphatic hydroxyl groups excluding tert-OH is 1. The molecule has 2 N–H and O–H groups in total. The number of nitrogens with one attached hydrogen (secondary N) is 1. The molecule has 1 saturated heterocycles. The standard InChI is InChI=1S/C27H32N4O/c28-17-25-24-13-12-23(30-14-4-1-5-15-30)16-27(24)31(22-6-2-3-7-22)18-26(25)20-8-10-21(11-9-20)29-19-32/h8-13,16,22,29,32H,1-7,14-15,18-19H2. The van der Waals surface area contributed by atoms with Crippen LogP contribution in [0.1, 0.15) is 56.1 Å². The summed E-state index contributed by atoms with van der Waals surface area (Å²) in [4.78, 5) is 5.08. The molecule has 1 saturated carbocycles. The van der Waals surface area contributed by atoms with Gasteiger partial charge in [0, 0.05) is 48.3 Å². The molecule has 2 aromatic rings. The van der Waals surface area contributed by atoms with Gasteiger partial charge >= 0.3 is 0 Å². The van der Waals surface area contributed by atoms with Gasteiger partial charge in [-0.1, -0.05) is 25.0 Å². The van der Waals surface area contributed by atoms with Crippen LogP contribution >= 0.6 is 0 Å². The Balaban J connectivity index is 1.58. The van der Waals surface area contributed by atoms with E-state index >= 15 is 0 Å². The Hall–Kier alpha value is -2.97. The zero-order valence-corrected chi connectivity index (χ0v) is 18.7. The third-order valence-electron chi connectivity index (χ3n) is 7.31. The average Bonchev–Trinajstić information content (AvgIpc) is 3.39. The van der Waals surface area contributed by atoms with Crippen LogP contribution in [0.4, 0.5) is 17.1 Å². The molecule has 5 rings (SSSR count). The fraction of sp³-hybridized carbons (Fsp3) is 0.444. The number of piperidine rings is 1. The van der Waals surface area contributed by atoms with Gasteiger partial charge in [-0.2, -0.15) is 5.26 Å². The zero-order chi connectivity index (χ0) is 21.9. The van der Waals surface area contributed by atoms with Crippen LogP contribution in [0.5, 0.6) is 0 Å². The molecule has 0 radical (unpaired) electrons. The molecule has 5 heteroatoms. The number of aliphatic hydroxyl groups is 1. The van der Waals surface area contributed by atoms with Crippen molar-refractivity contribution in [1.82, 2.24) is 0 Å². The van der Waals surface area contributed by atoms with E-state index in [0.717, 1.165) is 47.6 Å². The summed E-state index contributed by atoms with van der Waals surface area (Å²) in [6.45, 7) is 2.94. The number of nitrogens with zero attached hydrogens (tertiary/aromatic N) is 3. The lowest BCUT2D eigenvalue weighted by Gasteiger charge is -2.39. The normalized spacial score (nSPS) is 19.1. The molecule has 2 aliphatic heterocycles. The van der Waals surface area contributed by atoms with E-state index in [1.807, 2.05) is 12.1 Å². The number of anilines is 3. The molecule has 1 aliphatic carbocycles. The van der Waals surface area contributed by atoms with E-state index in [4.69, 9.17) is 5.11 Å². The van der Waals surface area contributed by atoms with Crippen molar-refractivity contribution in [3.8, 4) is 6.07 Å². The SMILES string of the molecule is N#CC1=C(c2ccc(NCO)cc2)CN(C2CCCC2)c2cc(N3CCCCC3)ccc21. The first kappa shape index (κ1) is 20.9. The molecule has 0 atom stereocenters. The Morgan fingerprint density at radius 2 is 1.72 bits per heavy atom. The highest BCUT2D eigenvalue weighted by atomic mass is 16.3. The van der Waals surface area contributed by atoms with Gasteiger partial charge in [-0.05, 0) is 73.6 Å². The first-order chi connectivity index (χ1) is 15.8. The van der Waals surface area contributed by atoms with Crippen molar-refractivity contribution < 1.29 is 5.11 Å². The third-order valence-corrected chi connectivity index (χ3v) is 7.31. The molecule has 0 amide bonds. The number of allylic oxidation sites excluding steroid dienone is 1. The molecular weight excluding hydrogens is 396 g/mol. The van der Waals surface area contributed by atoms with E-state index in [1.54, 1.807) is 0 Å². The predicted molar refractivity (Wildman–Crippen MR) is 132 cm³/mol. The molecule has 5 nitrogen and oxygen atoms in total. The van der Waals surface area contributed by atoms with Crippen LogP contribution in [0.3, 0.4) is 0 Å². The number of nitriles is 1. The average molecular weight is 429 g/mol. The van der Waals surface area contributed by atoms with Gasteiger partial charge in [-0.25, -0.2) is 0 Å². The third kappa shape index (κ3) is 3.96. The minimum absolute atomic E-state index is 0.0896. The molecule has 0 spiro atoms. The molecule has 0 bridgehead atoms. The topological polar surface area (TPSA) is 62.5 Å². The van der Waals surface area contributed by atoms with Gasteiger partial charge in [0.1, 0.15) is 12.8 Å². The summed E-state index contributed by atoms with van der Waals surface area (Å²) in [5, 5.41) is 22.3. The van der Waals surface area contributed by atoms with Crippen molar-refractivity contribution >= 4 is 28.2 Å². The zero-order valence-electron chi connectivity index (χ0n) is 18.7. The van der Waals surface area contributed by atoms with Gasteiger partial charge in [0.2, 0.25) is 0 Å². The molecular formula is C27H32N4O.